The first kappa shape index (κ1) is 16.5. The molecule has 1 aromatic carbocycles. The van der Waals surface area contributed by atoms with Gasteiger partial charge < -0.3 is 15.0 Å². The lowest BCUT2D eigenvalue weighted by Gasteiger charge is -2.33. The molecule has 0 aliphatic carbocycles. The molecule has 24 heavy (non-hydrogen) atoms. The number of nitrogens with zero attached hydrogens (tertiary/aromatic N) is 2. The Morgan fingerprint density at radius 1 is 1.21 bits per heavy atom. The van der Waals surface area contributed by atoms with Crippen LogP contribution in [0.5, 0.6) is 0 Å². The number of carbonyl (C=O) groups is 1. The number of carbonyl (C=O) groups excluding carboxylic acids is 1. The number of urea groups is 1. The molecule has 5 heteroatoms. The standard InChI is InChI=1S/C19H23N3O2/c23-19(21-11-9-17-8-4-5-10-20-17)22-12-13-24-18(15-22)14-16-6-2-1-3-7-16/h1-8,10,18H,9,11-15H2,(H,21,23). The van der Waals surface area contributed by atoms with Crippen LogP contribution in [0.4, 0.5) is 4.79 Å². The van der Waals surface area contributed by atoms with Crippen LogP contribution in [-0.4, -0.2) is 48.3 Å². The number of amides is 2. The van der Waals surface area contributed by atoms with Crippen LogP contribution in [0.2, 0.25) is 0 Å². The highest BCUT2D eigenvalue weighted by atomic mass is 16.5. The van der Waals surface area contributed by atoms with E-state index >= 15 is 0 Å². The topological polar surface area (TPSA) is 54.5 Å². The molecule has 1 aliphatic rings. The molecule has 1 unspecified atom stereocenters. The summed E-state index contributed by atoms with van der Waals surface area (Å²) in [5.41, 5.74) is 2.22. The van der Waals surface area contributed by atoms with Gasteiger partial charge in [-0.05, 0) is 17.7 Å². The fourth-order valence-electron chi connectivity index (χ4n) is 2.86. The highest BCUT2D eigenvalue weighted by Gasteiger charge is 2.24. The van der Waals surface area contributed by atoms with Gasteiger partial charge in [-0.2, -0.15) is 0 Å². The maximum absolute atomic E-state index is 12.3. The van der Waals surface area contributed by atoms with Crippen LogP contribution in [0.25, 0.3) is 0 Å². The minimum atomic E-state index is -0.0210. The van der Waals surface area contributed by atoms with E-state index in [1.165, 1.54) is 5.56 Å². The monoisotopic (exact) mass is 325 g/mol. The van der Waals surface area contributed by atoms with Crippen molar-refractivity contribution in [3.63, 3.8) is 0 Å². The van der Waals surface area contributed by atoms with Crippen molar-refractivity contribution in [3.8, 4) is 0 Å². The second-order valence-electron chi connectivity index (χ2n) is 5.93. The number of morpholine rings is 1. The summed E-state index contributed by atoms with van der Waals surface area (Å²) in [6.45, 7) is 2.45. The van der Waals surface area contributed by atoms with Gasteiger partial charge in [0.05, 0.1) is 12.7 Å². The quantitative estimate of drug-likeness (QED) is 0.917. The van der Waals surface area contributed by atoms with Crippen LogP contribution in [0, 0.1) is 0 Å². The predicted molar refractivity (Wildman–Crippen MR) is 92.8 cm³/mol. The maximum atomic E-state index is 12.3. The molecule has 3 rings (SSSR count). The number of benzene rings is 1. The van der Waals surface area contributed by atoms with Crippen molar-refractivity contribution in [2.45, 2.75) is 18.9 Å². The third-order valence-corrected chi connectivity index (χ3v) is 4.12. The van der Waals surface area contributed by atoms with Gasteiger partial charge in [0.1, 0.15) is 0 Å². The fourth-order valence-corrected chi connectivity index (χ4v) is 2.86. The average Bonchev–Trinajstić information content (AvgIpc) is 2.64. The molecular formula is C19H23N3O2. The number of nitrogens with one attached hydrogen (secondary N) is 1. The highest BCUT2D eigenvalue weighted by molar-refractivity contribution is 5.74. The Kier molecular flexibility index (Phi) is 5.80. The Labute approximate surface area is 142 Å². The summed E-state index contributed by atoms with van der Waals surface area (Å²) in [5.74, 6) is 0. The maximum Gasteiger partial charge on any atom is 0.317 e. The minimum absolute atomic E-state index is 0.0210. The molecular weight excluding hydrogens is 302 g/mol. The molecule has 2 amide bonds. The van der Waals surface area contributed by atoms with Crippen LogP contribution in [-0.2, 0) is 17.6 Å². The van der Waals surface area contributed by atoms with E-state index in [9.17, 15) is 4.79 Å². The van der Waals surface area contributed by atoms with Gasteiger partial charge in [-0.1, -0.05) is 36.4 Å². The first-order valence-corrected chi connectivity index (χ1v) is 8.39. The van der Waals surface area contributed by atoms with Crippen LogP contribution < -0.4 is 5.32 Å². The lowest BCUT2D eigenvalue weighted by molar-refractivity contribution is -0.0132. The number of rotatable bonds is 5. The molecule has 5 nitrogen and oxygen atoms in total. The van der Waals surface area contributed by atoms with Gasteiger partial charge in [0.15, 0.2) is 0 Å². The zero-order chi connectivity index (χ0) is 16.6. The van der Waals surface area contributed by atoms with E-state index < -0.39 is 0 Å². The van der Waals surface area contributed by atoms with E-state index in [1.54, 1.807) is 6.20 Å². The molecule has 1 atom stereocenters. The summed E-state index contributed by atoms with van der Waals surface area (Å²) in [5, 5.41) is 2.98. The fraction of sp³-hybridized carbons (Fsp3) is 0.368. The van der Waals surface area contributed by atoms with Gasteiger partial charge in [0, 0.05) is 44.4 Å². The molecule has 2 heterocycles. The van der Waals surface area contributed by atoms with Crippen molar-refractivity contribution < 1.29 is 9.53 Å². The first-order chi connectivity index (χ1) is 11.8. The van der Waals surface area contributed by atoms with E-state index in [-0.39, 0.29) is 12.1 Å². The van der Waals surface area contributed by atoms with E-state index in [0.29, 0.717) is 26.2 Å². The van der Waals surface area contributed by atoms with E-state index in [0.717, 1.165) is 18.5 Å². The third kappa shape index (κ3) is 4.80. The average molecular weight is 325 g/mol. The van der Waals surface area contributed by atoms with Crippen molar-refractivity contribution >= 4 is 6.03 Å². The Morgan fingerprint density at radius 3 is 2.83 bits per heavy atom. The molecule has 0 saturated carbocycles. The molecule has 0 spiro atoms. The van der Waals surface area contributed by atoms with E-state index in [4.69, 9.17) is 4.74 Å². The van der Waals surface area contributed by atoms with Crippen molar-refractivity contribution in [3.05, 3.63) is 66.0 Å². The van der Waals surface area contributed by atoms with Gasteiger partial charge in [-0.3, -0.25) is 4.98 Å². The molecule has 0 bridgehead atoms. The van der Waals surface area contributed by atoms with Gasteiger partial charge in [-0.25, -0.2) is 4.79 Å². The van der Waals surface area contributed by atoms with E-state index in [2.05, 4.69) is 22.4 Å². The van der Waals surface area contributed by atoms with Gasteiger partial charge in [0.25, 0.3) is 0 Å². The number of hydrogen-bond donors (Lipinski definition) is 1. The largest absolute Gasteiger partial charge is 0.374 e. The molecule has 1 aromatic heterocycles. The van der Waals surface area contributed by atoms with E-state index in [1.807, 2.05) is 41.3 Å². The number of hydrogen-bond acceptors (Lipinski definition) is 3. The van der Waals surface area contributed by atoms with Gasteiger partial charge in [0.2, 0.25) is 0 Å². The highest BCUT2D eigenvalue weighted by Crippen LogP contribution is 2.11. The lowest BCUT2D eigenvalue weighted by atomic mass is 10.1. The van der Waals surface area contributed by atoms with Crippen LogP contribution >= 0.6 is 0 Å². The Hall–Kier alpha value is -2.40. The number of pyridine rings is 1. The Morgan fingerprint density at radius 2 is 2.04 bits per heavy atom. The molecule has 126 valence electrons. The van der Waals surface area contributed by atoms with Crippen LogP contribution in [0.3, 0.4) is 0 Å². The SMILES string of the molecule is O=C(NCCc1ccccn1)N1CCOC(Cc2ccccc2)C1. The molecule has 2 aromatic rings. The van der Waals surface area contributed by atoms with Crippen molar-refractivity contribution in [2.24, 2.45) is 0 Å². The zero-order valence-corrected chi connectivity index (χ0v) is 13.7. The van der Waals surface area contributed by atoms with Gasteiger partial charge in [-0.15, -0.1) is 0 Å². The summed E-state index contributed by atoms with van der Waals surface area (Å²) in [6.07, 6.45) is 3.40. The summed E-state index contributed by atoms with van der Waals surface area (Å²) < 4.78 is 5.80. The van der Waals surface area contributed by atoms with Crippen LogP contribution in [0.15, 0.2) is 54.7 Å². The lowest BCUT2D eigenvalue weighted by Crippen LogP contribution is -2.50. The zero-order valence-electron chi connectivity index (χ0n) is 13.7. The number of aromatic nitrogens is 1. The predicted octanol–water partition coefficient (Wildman–Crippen LogP) is 2.28. The van der Waals surface area contributed by atoms with Crippen LogP contribution in [0.1, 0.15) is 11.3 Å². The second-order valence-corrected chi connectivity index (χ2v) is 5.93. The summed E-state index contributed by atoms with van der Waals surface area (Å²) in [4.78, 5) is 18.4. The first-order valence-electron chi connectivity index (χ1n) is 8.39. The summed E-state index contributed by atoms with van der Waals surface area (Å²) in [7, 11) is 0. The minimum Gasteiger partial charge on any atom is -0.374 e. The van der Waals surface area contributed by atoms with Crippen molar-refractivity contribution in [1.29, 1.82) is 0 Å². The Balaban J connectivity index is 1.44. The second kappa shape index (κ2) is 8.45. The number of ether oxygens (including phenoxy) is 1. The molecule has 1 N–H and O–H groups in total. The molecule has 1 aliphatic heterocycles. The third-order valence-electron chi connectivity index (χ3n) is 4.12. The summed E-state index contributed by atoms with van der Waals surface area (Å²) >= 11 is 0. The molecule has 1 saturated heterocycles. The van der Waals surface area contributed by atoms with Gasteiger partial charge >= 0.3 is 6.03 Å². The molecule has 0 radical (unpaired) electrons. The normalized spacial score (nSPS) is 17.5. The smallest absolute Gasteiger partial charge is 0.317 e. The van der Waals surface area contributed by atoms with Crippen molar-refractivity contribution in [2.75, 3.05) is 26.2 Å². The molecule has 1 fully saturated rings. The Bertz CT molecular complexity index is 634. The van der Waals surface area contributed by atoms with Crippen molar-refractivity contribution in [1.82, 2.24) is 15.2 Å². The summed E-state index contributed by atoms with van der Waals surface area (Å²) in [6, 6.07) is 16.0.